The van der Waals surface area contributed by atoms with Crippen molar-refractivity contribution in [1.82, 2.24) is 14.2 Å². The van der Waals surface area contributed by atoms with E-state index in [1.807, 2.05) is 19.9 Å². The molecule has 0 aliphatic carbocycles. The number of aromatic nitrogens is 1. The van der Waals surface area contributed by atoms with Gasteiger partial charge in [0, 0.05) is 37.9 Å². The lowest BCUT2D eigenvalue weighted by Gasteiger charge is -2.34. The van der Waals surface area contributed by atoms with Gasteiger partial charge >= 0.3 is 0 Å². The van der Waals surface area contributed by atoms with Crippen molar-refractivity contribution in [3.8, 4) is 0 Å². The van der Waals surface area contributed by atoms with Crippen LogP contribution in [0.1, 0.15) is 21.5 Å². The van der Waals surface area contributed by atoms with Crippen molar-refractivity contribution < 1.29 is 13.2 Å². The van der Waals surface area contributed by atoms with E-state index in [0.717, 1.165) is 11.1 Å². The number of carbonyl (C=O) groups excluding carboxylic acids is 1. The fraction of sp³-hybridized carbons (Fsp3) is 0.333. The van der Waals surface area contributed by atoms with Gasteiger partial charge in [-0.1, -0.05) is 17.7 Å². The molecule has 1 aromatic carbocycles. The summed E-state index contributed by atoms with van der Waals surface area (Å²) in [6.45, 7) is 5.04. The van der Waals surface area contributed by atoms with E-state index in [-0.39, 0.29) is 24.1 Å². The molecule has 0 saturated carbocycles. The minimum atomic E-state index is -3.56. The highest BCUT2D eigenvalue weighted by molar-refractivity contribution is 7.89. The van der Waals surface area contributed by atoms with Crippen molar-refractivity contribution in [2.45, 2.75) is 18.7 Å². The first kappa shape index (κ1) is 18.8. The maximum absolute atomic E-state index is 12.8. The first-order valence-electron chi connectivity index (χ1n) is 8.27. The van der Waals surface area contributed by atoms with Crippen molar-refractivity contribution in [2.75, 3.05) is 26.2 Å². The van der Waals surface area contributed by atoms with E-state index in [1.165, 1.54) is 16.6 Å². The molecule has 138 valence electrons. The van der Waals surface area contributed by atoms with Crippen LogP contribution in [0.5, 0.6) is 0 Å². The normalized spacial score (nSPS) is 15.9. The SMILES string of the molecule is Cc1ccc(S(=O)(=O)N2CCN(C(=O)c3ccnc(Cl)c3)CC2)cc1C. The fourth-order valence-electron chi connectivity index (χ4n) is 2.87. The van der Waals surface area contributed by atoms with Crippen LogP contribution in [0.2, 0.25) is 5.15 Å². The molecule has 0 bridgehead atoms. The minimum Gasteiger partial charge on any atom is -0.336 e. The Morgan fingerprint density at radius 1 is 1.04 bits per heavy atom. The van der Waals surface area contributed by atoms with E-state index in [0.29, 0.717) is 23.5 Å². The van der Waals surface area contributed by atoms with Gasteiger partial charge in [-0.2, -0.15) is 4.31 Å². The Bertz CT molecular complexity index is 938. The van der Waals surface area contributed by atoms with Gasteiger partial charge in [0.15, 0.2) is 0 Å². The van der Waals surface area contributed by atoms with Gasteiger partial charge in [0.25, 0.3) is 5.91 Å². The molecule has 3 rings (SSSR count). The van der Waals surface area contributed by atoms with Crippen LogP contribution < -0.4 is 0 Å². The summed E-state index contributed by atoms with van der Waals surface area (Å²) in [6, 6.07) is 8.26. The summed E-state index contributed by atoms with van der Waals surface area (Å²) >= 11 is 5.83. The van der Waals surface area contributed by atoms with E-state index in [4.69, 9.17) is 11.6 Å². The molecule has 2 heterocycles. The summed E-state index contributed by atoms with van der Waals surface area (Å²) in [7, 11) is -3.56. The zero-order valence-electron chi connectivity index (χ0n) is 14.6. The summed E-state index contributed by atoms with van der Waals surface area (Å²) in [6.07, 6.45) is 1.48. The van der Waals surface area contributed by atoms with Crippen molar-refractivity contribution in [1.29, 1.82) is 0 Å². The number of aryl methyl sites for hydroxylation is 2. The Morgan fingerprint density at radius 2 is 1.73 bits per heavy atom. The van der Waals surface area contributed by atoms with E-state index < -0.39 is 10.0 Å². The second kappa shape index (κ2) is 7.34. The van der Waals surface area contributed by atoms with Crippen LogP contribution in [0.25, 0.3) is 0 Å². The average Bonchev–Trinajstić information content (AvgIpc) is 2.63. The topological polar surface area (TPSA) is 70.6 Å². The lowest BCUT2D eigenvalue weighted by molar-refractivity contribution is 0.0698. The predicted molar refractivity (Wildman–Crippen MR) is 99.8 cm³/mol. The Morgan fingerprint density at radius 3 is 2.35 bits per heavy atom. The van der Waals surface area contributed by atoms with Crippen molar-refractivity contribution in [2.24, 2.45) is 0 Å². The third-order valence-electron chi connectivity index (χ3n) is 4.62. The number of carbonyl (C=O) groups is 1. The summed E-state index contributed by atoms with van der Waals surface area (Å²) in [5.74, 6) is -0.169. The molecule has 8 heteroatoms. The highest BCUT2D eigenvalue weighted by atomic mass is 35.5. The monoisotopic (exact) mass is 393 g/mol. The van der Waals surface area contributed by atoms with Crippen LogP contribution in [0.4, 0.5) is 0 Å². The van der Waals surface area contributed by atoms with Crippen LogP contribution in [0.3, 0.4) is 0 Å². The number of nitrogens with zero attached hydrogens (tertiary/aromatic N) is 3. The number of amides is 1. The van der Waals surface area contributed by atoms with Crippen LogP contribution in [0, 0.1) is 13.8 Å². The lowest BCUT2D eigenvalue weighted by atomic mass is 10.1. The molecule has 6 nitrogen and oxygen atoms in total. The molecule has 0 radical (unpaired) electrons. The predicted octanol–water partition coefficient (Wildman–Crippen LogP) is 2.50. The maximum Gasteiger partial charge on any atom is 0.254 e. The lowest BCUT2D eigenvalue weighted by Crippen LogP contribution is -2.50. The number of halogens is 1. The number of hydrogen-bond donors (Lipinski definition) is 0. The van der Waals surface area contributed by atoms with Gasteiger partial charge in [-0.05, 0) is 49.2 Å². The first-order chi connectivity index (χ1) is 12.3. The van der Waals surface area contributed by atoms with Gasteiger partial charge in [0.2, 0.25) is 10.0 Å². The zero-order chi connectivity index (χ0) is 18.9. The van der Waals surface area contributed by atoms with E-state index in [9.17, 15) is 13.2 Å². The number of hydrogen-bond acceptors (Lipinski definition) is 4. The third kappa shape index (κ3) is 3.75. The Kier molecular flexibility index (Phi) is 5.32. The molecule has 1 aliphatic rings. The Balaban J connectivity index is 1.71. The average molecular weight is 394 g/mol. The molecular weight excluding hydrogens is 374 g/mol. The van der Waals surface area contributed by atoms with Gasteiger partial charge in [-0.15, -0.1) is 0 Å². The minimum absolute atomic E-state index is 0.169. The van der Waals surface area contributed by atoms with Gasteiger partial charge in [-0.25, -0.2) is 13.4 Å². The molecule has 26 heavy (non-hydrogen) atoms. The molecule has 0 unspecified atom stereocenters. The van der Waals surface area contributed by atoms with Crippen LogP contribution in [0.15, 0.2) is 41.4 Å². The molecule has 0 atom stereocenters. The van der Waals surface area contributed by atoms with Gasteiger partial charge in [0.05, 0.1) is 4.90 Å². The summed E-state index contributed by atoms with van der Waals surface area (Å²) in [5, 5.41) is 0.256. The van der Waals surface area contributed by atoms with E-state index in [1.54, 1.807) is 23.1 Å². The molecule has 1 saturated heterocycles. The van der Waals surface area contributed by atoms with Gasteiger partial charge < -0.3 is 4.90 Å². The molecule has 2 aromatic rings. The fourth-order valence-corrected chi connectivity index (χ4v) is 4.55. The molecule has 1 aromatic heterocycles. The van der Waals surface area contributed by atoms with Crippen LogP contribution in [-0.4, -0.2) is 54.7 Å². The maximum atomic E-state index is 12.8. The highest BCUT2D eigenvalue weighted by Gasteiger charge is 2.30. The second-order valence-corrected chi connectivity index (χ2v) is 8.63. The molecule has 0 spiro atoms. The molecule has 1 fully saturated rings. The molecular formula is C18H20ClN3O3S. The summed E-state index contributed by atoms with van der Waals surface area (Å²) in [4.78, 5) is 18.3. The quantitative estimate of drug-likeness (QED) is 0.751. The van der Waals surface area contributed by atoms with E-state index in [2.05, 4.69) is 4.98 Å². The van der Waals surface area contributed by atoms with Crippen molar-refractivity contribution in [3.63, 3.8) is 0 Å². The summed E-state index contributed by atoms with van der Waals surface area (Å²) in [5.41, 5.74) is 2.44. The van der Waals surface area contributed by atoms with E-state index >= 15 is 0 Å². The van der Waals surface area contributed by atoms with Crippen LogP contribution >= 0.6 is 11.6 Å². The molecule has 1 amide bonds. The van der Waals surface area contributed by atoms with Crippen molar-refractivity contribution in [3.05, 3.63) is 58.4 Å². The Labute approximate surface area is 158 Å². The van der Waals surface area contributed by atoms with Gasteiger partial charge in [-0.3, -0.25) is 4.79 Å². The summed E-state index contributed by atoms with van der Waals surface area (Å²) < 4.78 is 27.1. The van der Waals surface area contributed by atoms with Gasteiger partial charge in [0.1, 0.15) is 5.15 Å². The second-order valence-electron chi connectivity index (χ2n) is 6.31. The van der Waals surface area contributed by atoms with Crippen LogP contribution in [-0.2, 0) is 10.0 Å². The number of piperazine rings is 1. The van der Waals surface area contributed by atoms with Crippen molar-refractivity contribution >= 4 is 27.5 Å². The standard InChI is InChI=1S/C18H20ClN3O3S/c1-13-3-4-16(11-14(13)2)26(24,25)22-9-7-21(8-10-22)18(23)15-5-6-20-17(19)12-15/h3-6,11-12H,7-10H2,1-2H3. The number of sulfonamides is 1. The number of benzene rings is 1. The number of pyridine rings is 1. The molecule has 0 N–H and O–H groups in total. The zero-order valence-corrected chi connectivity index (χ0v) is 16.2. The molecule has 1 aliphatic heterocycles. The smallest absolute Gasteiger partial charge is 0.254 e. The first-order valence-corrected chi connectivity index (χ1v) is 10.1. The largest absolute Gasteiger partial charge is 0.336 e. The Hall–Kier alpha value is -1.96. The third-order valence-corrected chi connectivity index (χ3v) is 6.72. The number of rotatable bonds is 3. The highest BCUT2D eigenvalue weighted by Crippen LogP contribution is 2.21.